The first-order chi connectivity index (χ1) is 11.6. The number of hydrogen-bond acceptors (Lipinski definition) is 3. The molecule has 0 saturated carbocycles. The maximum absolute atomic E-state index is 4.43. The van der Waals surface area contributed by atoms with Gasteiger partial charge in [0.1, 0.15) is 0 Å². The second-order valence-electron chi connectivity index (χ2n) is 6.71. The number of nitrogens with zero attached hydrogens (tertiary/aromatic N) is 3. The molecular weight excluding hydrogens is 316 g/mol. The third kappa shape index (κ3) is 6.02. The summed E-state index contributed by atoms with van der Waals surface area (Å²) in [7, 11) is 6.19. The Balaban J connectivity index is 1.75. The van der Waals surface area contributed by atoms with Gasteiger partial charge < -0.3 is 15.1 Å². The van der Waals surface area contributed by atoms with Crippen LogP contribution in [0.1, 0.15) is 24.8 Å². The highest BCUT2D eigenvalue weighted by molar-refractivity contribution is 7.98. The zero-order valence-corrected chi connectivity index (χ0v) is 16.4. The van der Waals surface area contributed by atoms with Gasteiger partial charge in [-0.2, -0.15) is 0 Å². The predicted molar refractivity (Wildman–Crippen MR) is 106 cm³/mol. The summed E-state index contributed by atoms with van der Waals surface area (Å²) in [5, 5.41) is 3.53. The highest BCUT2D eigenvalue weighted by Crippen LogP contribution is 2.19. The Labute approximate surface area is 151 Å². The topological polar surface area (TPSA) is 30.9 Å². The van der Waals surface area contributed by atoms with Crippen LogP contribution in [0, 0.1) is 5.92 Å². The third-order valence-electron chi connectivity index (χ3n) is 4.83. The van der Waals surface area contributed by atoms with E-state index in [0.29, 0.717) is 0 Å². The van der Waals surface area contributed by atoms with E-state index in [-0.39, 0.29) is 0 Å². The van der Waals surface area contributed by atoms with E-state index in [2.05, 4.69) is 64.7 Å². The number of aliphatic imine (C=N–C) groups is 1. The number of hydrogen-bond donors (Lipinski definition) is 1. The summed E-state index contributed by atoms with van der Waals surface area (Å²) in [6.45, 7) is 4.37. The quantitative estimate of drug-likeness (QED) is 0.486. The maximum Gasteiger partial charge on any atom is 0.193 e. The summed E-state index contributed by atoms with van der Waals surface area (Å²) in [6.07, 6.45) is 6.00. The molecule has 0 unspecified atom stereocenters. The van der Waals surface area contributed by atoms with E-state index in [9.17, 15) is 0 Å². The number of likely N-dealkylation sites (tertiary alicyclic amines) is 1. The zero-order valence-electron chi connectivity index (χ0n) is 15.6. The monoisotopic (exact) mass is 348 g/mol. The summed E-state index contributed by atoms with van der Waals surface area (Å²) >= 11 is 1.78. The standard InChI is InChI=1S/C19H32N4S/c1-20-19(21-12-9-16-10-13-22(2)14-11-16)23(3)15-17-5-7-18(24-4)8-6-17/h5-8,16H,9-15H2,1-4H3,(H,20,21). The first-order valence-electron chi connectivity index (χ1n) is 8.85. The van der Waals surface area contributed by atoms with Crippen LogP contribution >= 0.6 is 11.8 Å². The predicted octanol–water partition coefficient (Wildman–Crippen LogP) is 3.15. The molecule has 5 heteroatoms. The summed E-state index contributed by atoms with van der Waals surface area (Å²) in [6, 6.07) is 8.77. The Morgan fingerprint density at radius 2 is 1.96 bits per heavy atom. The number of rotatable bonds is 6. The third-order valence-corrected chi connectivity index (χ3v) is 5.57. The van der Waals surface area contributed by atoms with Crippen molar-refractivity contribution in [1.29, 1.82) is 0 Å². The van der Waals surface area contributed by atoms with Gasteiger partial charge in [0.05, 0.1) is 0 Å². The van der Waals surface area contributed by atoms with E-state index in [1.54, 1.807) is 11.8 Å². The molecule has 1 fully saturated rings. The molecule has 1 heterocycles. The fraction of sp³-hybridized carbons (Fsp3) is 0.632. The van der Waals surface area contributed by atoms with Gasteiger partial charge in [0, 0.05) is 32.1 Å². The number of benzene rings is 1. The van der Waals surface area contributed by atoms with Crippen molar-refractivity contribution in [3.8, 4) is 0 Å². The smallest absolute Gasteiger partial charge is 0.193 e. The molecule has 0 radical (unpaired) electrons. The fourth-order valence-electron chi connectivity index (χ4n) is 3.20. The van der Waals surface area contributed by atoms with Gasteiger partial charge in [0.25, 0.3) is 0 Å². The lowest BCUT2D eigenvalue weighted by atomic mass is 9.94. The van der Waals surface area contributed by atoms with Crippen LogP contribution in [0.3, 0.4) is 0 Å². The Morgan fingerprint density at radius 3 is 2.54 bits per heavy atom. The molecule has 0 atom stereocenters. The van der Waals surface area contributed by atoms with Gasteiger partial charge in [-0.1, -0.05) is 12.1 Å². The van der Waals surface area contributed by atoms with Crippen molar-refractivity contribution in [1.82, 2.24) is 15.1 Å². The number of guanidine groups is 1. The number of piperidine rings is 1. The molecule has 1 aliphatic heterocycles. The molecule has 134 valence electrons. The van der Waals surface area contributed by atoms with Crippen molar-refractivity contribution in [2.45, 2.75) is 30.7 Å². The van der Waals surface area contributed by atoms with Crippen molar-refractivity contribution < 1.29 is 0 Å². The average molecular weight is 349 g/mol. The van der Waals surface area contributed by atoms with Crippen LogP contribution < -0.4 is 5.32 Å². The molecule has 2 rings (SSSR count). The van der Waals surface area contributed by atoms with Gasteiger partial charge in [0.2, 0.25) is 0 Å². The second-order valence-corrected chi connectivity index (χ2v) is 7.59. The Hall–Kier alpha value is -1.20. The lowest BCUT2D eigenvalue weighted by Crippen LogP contribution is -2.40. The largest absolute Gasteiger partial charge is 0.356 e. The second kappa shape index (κ2) is 9.94. The van der Waals surface area contributed by atoms with Gasteiger partial charge in [-0.3, -0.25) is 4.99 Å². The summed E-state index contributed by atoms with van der Waals surface area (Å²) in [5.41, 5.74) is 1.31. The lowest BCUT2D eigenvalue weighted by molar-refractivity contribution is 0.212. The van der Waals surface area contributed by atoms with E-state index < -0.39 is 0 Å². The molecule has 4 nitrogen and oxygen atoms in total. The van der Waals surface area contributed by atoms with Gasteiger partial charge in [-0.15, -0.1) is 11.8 Å². The molecule has 1 N–H and O–H groups in total. The van der Waals surface area contributed by atoms with Crippen LogP contribution in [0.15, 0.2) is 34.2 Å². The van der Waals surface area contributed by atoms with Gasteiger partial charge in [-0.05, 0) is 69.3 Å². The molecule has 0 aromatic heterocycles. The van der Waals surface area contributed by atoms with Crippen molar-refractivity contribution in [2.75, 3.05) is 47.0 Å². The Morgan fingerprint density at radius 1 is 1.29 bits per heavy atom. The van der Waals surface area contributed by atoms with E-state index in [0.717, 1.165) is 25.0 Å². The molecule has 1 aromatic carbocycles. The molecular formula is C19H32N4S. The van der Waals surface area contributed by atoms with E-state index >= 15 is 0 Å². The average Bonchev–Trinajstić information content (AvgIpc) is 2.61. The minimum absolute atomic E-state index is 0.858. The lowest BCUT2D eigenvalue weighted by Gasteiger charge is -2.29. The van der Waals surface area contributed by atoms with Crippen molar-refractivity contribution >= 4 is 17.7 Å². The Bertz CT molecular complexity index is 507. The molecule has 0 amide bonds. The van der Waals surface area contributed by atoms with Crippen LogP contribution in [0.4, 0.5) is 0 Å². The zero-order chi connectivity index (χ0) is 17.4. The van der Waals surface area contributed by atoms with Crippen LogP contribution in [-0.2, 0) is 6.54 Å². The summed E-state index contributed by atoms with van der Waals surface area (Å²) in [5.74, 6) is 1.84. The maximum atomic E-state index is 4.43. The van der Waals surface area contributed by atoms with Crippen molar-refractivity contribution in [2.24, 2.45) is 10.9 Å². The SMILES string of the molecule is CN=C(NCCC1CCN(C)CC1)N(C)Cc1ccc(SC)cc1. The molecule has 1 saturated heterocycles. The highest BCUT2D eigenvalue weighted by Gasteiger charge is 2.16. The Kier molecular flexibility index (Phi) is 7.92. The molecule has 1 aliphatic rings. The molecule has 1 aromatic rings. The van der Waals surface area contributed by atoms with Crippen LogP contribution in [0.25, 0.3) is 0 Å². The molecule has 24 heavy (non-hydrogen) atoms. The normalized spacial score (nSPS) is 17.1. The fourth-order valence-corrected chi connectivity index (χ4v) is 3.61. The van der Waals surface area contributed by atoms with Crippen LogP contribution in [0.2, 0.25) is 0 Å². The first kappa shape index (κ1) is 19.1. The minimum Gasteiger partial charge on any atom is -0.356 e. The molecule has 0 bridgehead atoms. The van der Waals surface area contributed by atoms with Crippen LogP contribution in [0.5, 0.6) is 0 Å². The molecule has 0 aliphatic carbocycles. The van der Waals surface area contributed by atoms with Gasteiger partial charge in [-0.25, -0.2) is 0 Å². The number of nitrogens with one attached hydrogen (secondary N) is 1. The van der Waals surface area contributed by atoms with Crippen molar-refractivity contribution in [3.63, 3.8) is 0 Å². The molecule has 0 spiro atoms. The van der Waals surface area contributed by atoms with Crippen LogP contribution in [-0.4, -0.2) is 62.8 Å². The first-order valence-corrected chi connectivity index (χ1v) is 10.1. The van der Waals surface area contributed by atoms with Gasteiger partial charge >= 0.3 is 0 Å². The minimum atomic E-state index is 0.858. The van der Waals surface area contributed by atoms with Crippen molar-refractivity contribution in [3.05, 3.63) is 29.8 Å². The van der Waals surface area contributed by atoms with E-state index in [1.165, 1.54) is 42.8 Å². The van der Waals surface area contributed by atoms with E-state index in [1.807, 2.05) is 7.05 Å². The van der Waals surface area contributed by atoms with E-state index in [4.69, 9.17) is 0 Å². The van der Waals surface area contributed by atoms with Gasteiger partial charge in [0.15, 0.2) is 5.96 Å². The summed E-state index contributed by atoms with van der Waals surface area (Å²) in [4.78, 5) is 10.4. The highest BCUT2D eigenvalue weighted by atomic mass is 32.2. The summed E-state index contributed by atoms with van der Waals surface area (Å²) < 4.78 is 0. The number of thioether (sulfide) groups is 1.